The third kappa shape index (κ3) is 4.33. The van der Waals surface area contributed by atoms with Crippen LogP contribution in [0.1, 0.15) is 32.3 Å². The molecule has 6 heteroatoms. The number of pyridine rings is 1. The largest absolute Gasteiger partial charge is 0.354 e. The number of rotatable bonds is 8. The fraction of sp³-hybridized carbons (Fsp3) is 0.292. The van der Waals surface area contributed by atoms with Crippen molar-refractivity contribution in [2.24, 2.45) is 0 Å². The van der Waals surface area contributed by atoms with Gasteiger partial charge < -0.3 is 4.98 Å². The number of aromatic nitrogens is 4. The van der Waals surface area contributed by atoms with E-state index in [0.29, 0.717) is 11.3 Å². The molecule has 0 saturated carbocycles. The second-order valence-electron chi connectivity index (χ2n) is 7.61. The van der Waals surface area contributed by atoms with Crippen molar-refractivity contribution in [3.05, 3.63) is 70.8 Å². The average molecular weight is 402 g/mol. The zero-order valence-corrected chi connectivity index (χ0v) is 17.5. The second-order valence-corrected chi connectivity index (χ2v) is 7.61. The smallest absolute Gasteiger partial charge is 0.273 e. The molecule has 0 spiro atoms. The van der Waals surface area contributed by atoms with E-state index in [9.17, 15) is 4.79 Å². The van der Waals surface area contributed by atoms with Crippen LogP contribution in [0.25, 0.3) is 33.4 Å². The van der Waals surface area contributed by atoms with Gasteiger partial charge in [-0.1, -0.05) is 19.9 Å². The Labute approximate surface area is 176 Å². The van der Waals surface area contributed by atoms with Crippen molar-refractivity contribution in [2.75, 3.05) is 13.1 Å². The Morgan fingerprint density at radius 3 is 2.47 bits per heavy atom. The van der Waals surface area contributed by atoms with Gasteiger partial charge in [-0.25, -0.2) is 5.10 Å². The summed E-state index contributed by atoms with van der Waals surface area (Å²) in [6, 6.07) is 14.1. The van der Waals surface area contributed by atoms with Crippen molar-refractivity contribution in [1.29, 1.82) is 0 Å². The molecule has 1 aromatic carbocycles. The maximum atomic E-state index is 12.5. The van der Waals surface area contributed by atoms with Crippen molar-refractivity contribution in [3.8, 4) is 22.5 Å². The van der Waals surface area contributed by atoms with Crippen LogP contribution in [0.2, 0.25) is 0 Å². The summed E-state index contributed by atoms with van der Waals surface area (Å²) in [5.41, 5.74) is 5.09. The fourth-order valence-corrected chi connectivity index (χ4v) is 3.86. The molecule has 0 atom stereocenters. The Balaban J connectivity index is 1.66. The van der Waals surface area contributed by atoms with E-state index in [1.807, 2.05) is 24.3 Å². The van der Waals surface area contributed by atoms with E-state index in [0.717, 1.165) is 54.6 Å². The lowest BCUT2D eigenvalue weighted by Crippen LogP contribution is -2.24. The third-order valence-corrected chi connectivity index (χ3v) is 5.24. The average Bonchev–Trinajstić information content (AvgIpc) is 3.18. The van der Waals surface area contributed by atoms with Crippen LogP contribution < -0.4 is 5.56 Å². The Bertz CT molecular complexity index is 1170. The summed E-state index contributed by atoms with van der Waals surface area (Å²) < 4.78 is 0. The van der Waals surface area contributed by atoms with Gasteiger partial charge in [0.15, 0.2) is 0 Å². The van der Waals surface area contributed by atoms with Gasteiger partial charge in [0.1, 0.15) is 0 Å². The van der Waals surface area contributed by atoms with Crippen LogP contribution in [0.5, 0.6) is 0 Å². The fourth-order valence-electron chi connectivity index (χ4n) is 3.86. The van der Waals surface area contributed by atoms with Gasteiger partial charge in [0.25, 0.3) is 5.56 Å². The van der Waals surface area contributed by atoms with Gasteiger partial charge in [-0.15, -0.1) is 0 Å². The predicted octanol–water partition coefficient (Wildman–Crippen LogP) is 4.60. The highest BCUT2D eigenvalue weighted by molar-refractivity contribution is 5.86. The number of H-pyrrole nitrogens is 2. The zero-order valence-electron chi connectivity index (χ0n) is 17.5. The second kappa shape index (κ2) is 9.05. The maximum Gasteiger partial charge on any atom is 0.273 e. The first-order chi connectivity index (χ1) is 14.7. The van der Waals surface area contributed by atoms with Crippen LogP contribution in [0.4, 0.5) is 0 Å². The number of nitrogens with one attached hydrogen (secondary N) is 2. The van der Waals surface area contributed by atoms with Gasteiger partial charge in [-0.3, -0.25) is 14.7 Å². The quantitative estimate of drug-likeness (QED) is 0.452. The highest BCUT2D eigenvalue weighted by Crippen LogP contribution is 2.25. The molecular weight excluding hydrogens is 374 g/mol. The summed E-state index contributed by atoms with van der Waals surface area (Å²) in [6.07, 6.45) is 5.74. The van der Waals surface area contributed by atoms with Gasteiger partial charge in [-0.05, 0) is 67.9 Å². The number of hydrogen-bond acceptors (Lipinski definition) is 4. The first-order valence-electron chi connectivity index (χ1n) is 10.5. The van der Waals surface area contributed by atoms with Gasteiger partial charge >= 0.3 is 0 Å². The lowest BCUT2D eigenvalue weighted by molar-refractivity contribution is 0.266. The molecule has 3 heterocycles. The zero-order chi connectivity index (χ0) is 20.9. The van der Waals surface area contributed by atoms with E-state index in [1.165, 1.54) is 5.56 Å². The summed E-state index contributed by atoms with van der Waals surface area (Å²) >= 11 is 0. The maximum absolute atomic E-state index is 12.5. The monoisotopic (exact) mass is 401 g/mol. The molecule has 0 bridgehead atoms. The van der Waals surface area contributed by atoms with Crippen molar-refractivity contribution < 1.29 is 0 Å². The summed E-state index contributed by atoms with van der Waals surface area (Å²) in [5.74, 6) is 0. The first kappa shape index (κ1) is 20.0. The van der Waals surface area contributed by atoms with E-state index >= 15 is 0 Å². The van der Waals surface area contributed by atoms with Crippen molar-refractivity contribution in [3.63, 3.8) is 0 Å². The van der Waals surface area contributed by atoms with E-state index in [2.05, 4.69) is 57.1 Å². The topological polar surface area (TPSA) is 77.7 Å². The molecule has 0 aliphatic rings. The normalized spacial score (nSPS) is 11.4. The van der Waals surface area contributed by atoms with Crippen LogP contribution in [0.15, 0.2) is 59.7 Å². The van der Waals surface area contributed by atoms with Gasteiger partial charge in [0, 0.05) is 35.4 Å². The molecule has 0 aliphatic carbocycles. The molecule has 0 saturated heterocycles. The standard InChI is InChI=1S/C24H27N5O/c1-3-11-29(12-4-2)16-17-5-6-21-19(13-17)14-23(26-21)20-15-22(27-28-24(20)30)18-7-9-25-10-8-18/h5-10,13-15,26H,3-4,11-12,16H2,1-2H3,(H,28,30). The van der Waals surface area contributed by atoms with Crippen LogP contribution in [-0.2, 0) is 6.54 Å². The van der Waals surface area contributed by atoms with Gasteiger partial charge in [0.2, 0.25) is 0 Å². The molecule has 0 amide bonds. The molecule has 4 rings (SSSR count). The number of aromatic amines is 2. The van der Waals surface area contributed by atoms with E-state index in [-0.39, 0.29) is 5.56 Å². The molecule has 0 radical (unpaired) electrons. The molecule has 3 aromatic heterocycles. The van der Waals surface area contributed by atoms with Crippen LogP contribution in [0.3, 0.4) is 0 Å². The molecule has 2 N–H and O–H groups in total. The molecule has 4 aromatic rings. The van der Waals surface area contributed by atoms with Crippen molar-refractivity contribution in [2.45, 2.75) is 33.2 Å². The van der Waals surface area contributed by atoms with Crippen LogP contribution in [0, 0.1) is 0 Å². The lowest BCUT2D eigenvalue weighted by Gasteiger charge is -2.20. The van der Waals surface area contributed by atoms with Crippen LogP contribution >= 0.6 is 0 Å². The Morgan fingerprint density at radius 2 is 1.73 bits per heavy atom. The molecule has 154 valence electrons. The number of nitrogens with zero attached hydrogens (tertiary/aromatic N) is 3. The number of benzene rings is 1. The van der Waals surface area contributed by atoms with Crippen molar-refractivity contribution >= 4 is 10.9 Å². The minimum Gasteiger partial charge on any atom is -0.354 e. The molecule has 0 unspecified atom stereocenters. The van der Waals surface area contributed by atoms with Gasteiger partial charge in [-0.2, -0.15) is 5.10 Å². The van der Waals surface area contributed by atoms with Gasteiger partial charge in [0.05, 0.1) is 17.0 Å². The van der Waals surface area contributed by atoms with E-state index < -0.39 is 0 Å². The summed E-state index contributed by atoms with van der Waals surface area (Å²) in [6.45, 7) is 7.59. The summed E-state index contributed by atoms with van der Waals surface area (Å²) in [4.78, 5) is 22.4. The highest BCUT2D eigenvalue weighted by Gasteiger charge is 2.12. The minimum atomic E-state index is -0.211. The highest BCUT2D eigenvalue weighted by atomic mass is 16.1. The Hall–Kier alpha value is -3.25. The first-order valence-corrected chi connectivity index (χ1v) is 10.5. The number of hydrogen-bond donors (Lipinski definition) is 2. The van der Waals surface area contributed by atoms with E-state index in [4.69, 9.17) is 0 Å². The number of fused-ring (bicyclic) bond motifs is 1. The Kier molecular flexibility index (Phi) is 6.05. The summed E-state index contributed by atoms with van der Waals surface area (Å²) in [7, 11) is 0. The predicted molar refractivity (Wildman–Crippen MR) is 121 cm³/mol. The molecule has 30 heavy (non-hydrogen) atoms. The summed E-state index contributed by atoms with van der Waals surface area (Å²) in [5, 5.41) is 7.92. The molecule has 0 aliphatic heterocycles. The van der Waals surface area contributed by atoms with Crippen molar-refractivity contribution in [1.82, 2.24) is 25.1 Å². The lowest BCUT2D eigenvalue weighted by atomic mass is 10.1. The van der Waals surface area contributed by atoms with Crippen LogP contribution in [-0.4, -0.2) is 38.2 Å². The molecule has 0 fully saturated rings. The minimum absolute atomic E-state index is 0.211. The Morgan fingerprint density at radius 1 is 0.967 bits per heavy atom. The molecule has 6 nitrogen and oxygen atoms in total. The SMILES string of the molecule is CCCN(CCC)Cc1ccc2[nH]c(-c3cc(-c4ccncc4)n[nH]c3=O)cc2c1. The molecular formula is C24H27N5O. The third-order valence-electron chi connectivity index (χ3n) is 5.24. The van der Waals surface area contributed by atoms with E-state index in [1.54, 1.807) is 12.4 Å².